The van der Waals surface area contributed by atoms with Gasteiger partial charge in [0.25, 0.3) is 0 Å². The van der Waals surface area contributed by atoms with E-state index in [4.69, 9.17) is 9.97 Å². The van der Waals surface area contributed by atoms with Crippen LogP contribution in [0.15, 0.2) is 181 Å². The smallest absolute Gasteiger partial charge is 0.109 e. The Labute approximate surface area is 341 Å². The fraction of sp³-hybridized carbons (Fsp3) is 0.0566. The third-order valence-electron chi connectivity index (χ3n) is 11.7. The number of thiophene rings is 1. The maximum atomic E-state index is 5.41. The van der Waals surface area contributed by atoms with Gasteiger partial charge in [0.1, 0.15) is 11.0 Å². The molecule has 5 heteroatoms. The topological polar surface area (TPSA) is 41.1 Å². The van der Waals surface area contributed by atoms with Gasteiger partial charge in [-0.3, -0.25) is 0 Å². The van der Waals surface area contributed by atoms with Crippen molar-refractivity contribution < 1.29 is 0 Å². The molecular weight excluding hydrogens is 725 g/mol. The monoisotopic (exact) mass is 762 g/mol. The molecule has 0 bridgehead atoms. The molecule has 0 spiro atoms. The predicted molar refractivity (Wildman–Crippen MR) is 247 cm³/mol. The van der Waals surface area contributed by atoms with Crippen LogP contribution in [0.1, 0.15) is 31.2 Å². The van der Waals surface area contributed by atoms with Gasteiger partial charge in [-0.2, -0.15) is 0 Å². The van der Waals surface area contributed by atoms with E-state index in [1.165, 1.54) is 37.9 Å². The highest BCUT2D eigenvalue weighted by atomic mass is 32.1. The molecule has 276 valence electrons. The lowest BCUT2D eigenvalue weighted by Crippen LogP contribution is -2.11. The zero-order chi connectivity index (χ0) is 38.7. The molecule has 0 aliphatic heterocycles. The first-order chi connectivity index (χ1) is 28.6. The molecule has 2 heterocycles. The largest absolute Gasteiger partial charge is 0.355 e. The predicted octanol–water partition coefficient (Wildman–Crippen LogP) is 15.2. The number of anilines is 5. The van der Waals surface area contributed by atoms with Crippen LogP contribution in [0.3, 0.4) is 0 Å². The summed E-state index contributed by atoms with van der Waals surface area (Å²) in [7, 11) is 0. The Hall–Kier alpha value is -7.08. The van der Waals surface area contributed by atoms with Crippen LogP contribution in [0.4, 0.5) is 28.4 Å². The Morgan fingerprint density at radius 1 is 0.517 bits per heavy atom. The van der Waals surface area contributed by atoms with Crippen molar-refractivity contribution in [3.63, 3.8) is 0 Å². The van der Waals surface area contributed by atoms with Crippen LogP contribution in [0, 0.1) is 0 Å². The summed E-state index contributed by atoms with van der Waals surface area (Å²) >= 11 is 1.78. The average Bonchev–Trinajstić information content (AvgIpc) is 3.78. The van der Waals surface area contributed by atoms with Crippen molar-refractivity contribution in [1.29, 1.82) is 0 Å². The molecule has 0 fully saturated rings. The molecule has 2 aromatic heterocycles. The van der Waals surface area contributed by atoms with Gasteiger partial charge in [0.05, 0.1) is 32.5 Å². The first-order valence-corrected chi connectivity index (χ1v) is 20.6. The van der Waals surface area contributed by atoms with E-state index in [0.717, 1.165) is 71.7 Å². The molecule has 0 saturated heterocycles. The fourth-order valence-corrected chi connectivity index (χ4v) is 9.71. The van der Waals surface area contributed by atoms with E-state index in [9.17, 15) is 0 Å². The Kier molecular flexibility index (Phi) is 8.16. The molecule has 11 rings (SSSR count). The van der Waals surface area contributed by atoms with Crippen molar-refractivity contribution >= 4 is 89.2 Å². The highest BCUT2D eigenvalue weighted by Crippen LogP contribution is 2.47. The molecule has 1 unspecified atom stereocenters. The molecule has 1 N–H and O–H groups in total. The molecule has 0 saturated carbocycles. The highest BCUT2D eigenvalue weighted by Gasteiger charge is 2.26. The van der Waals surface area contributed by atoms with Crippen molar-refractivity contribution in [2.75, 3.05) is 10.2 Å². The summed E-state index contributed by atoms with van der Waals surface area (Å²) in [6, 6.07) is 63.1. The number of nitrogens with one attached hydrogen (secondary N) is 1. The van der Waals surface area contributed by atoms with Crippen LogP contribution in [0.5, 0.6) is 0 Å². The van der Waals surface area contributed by atoms with Gasteiger partial charge in [-0.05, 0) is 82.7 Å². The van der Waals surface area contributed by atoms with E-state index >= 15 is 0 Å². The SMILES string of the molecule is CC1=Cc2nc3c(-c4ccc(Nc5cccc6ccccc56)cc4)sc(-c4ccc(N(c5cccc6ccccc56)c5cccc6ccccc56)cc4)c3nc2C1C. The Morgan fingerprint density at radius 2 is 1.02 bits per heavy atom. The first kappa shape index (κ1) is 34.2. The number of allylic oxidation sites excluding steroid dienone is 1. The molecule has 1 atom stereocenters. The van der Waals surface area contributed by atoms with Crippen molar-refractivity contribution in [3.05, 3.63) is 193 Å². The quantitative estimate of drug-likeness (QED) is 0.176. The minimum Gasteiger partial charge on any atom is -0.355 e. The summed E-state index contributed by atoms with van der Waals surface area (Å²) in [5.74, 6) is 0.236. The number of benzene rings is 8. The van der Waals surface area contributed by atoms with Crippen LogP contribution in [-0.4, -0.2) is 9.97 Å². The maximum absolute atomic E-state index is 5.41. The number of aromatic nitrogens is 2. The molecule has 1 aliphatic rings. The van der Waals surface area contributed by atoms with Crippen molar-refractivity contribution in [3.8, 4) is 20.9 Å². The third kappa shape index (κ3) is 5.74. The maximum Gasteiger partial charge on any atom is 0.109 e. The molecule has 0 amide bonds. The Bertz CT molecular complexity index is 3140. The summed E-state index contributed by atoms with van der Waals surface area (Å²) in [4.78, 5) is 15.4. The van der Waals surface area contributed by atoms with Crippen LogP contribution < -0.4 is 10.2 Å². The molecule has 0 radical (unpaired) electrons. The highest BCUT2D eigenvalue weighted by molar-refractivity contribution is 7.20. The van der Waals surface area contributed by atoms with E-state index in [-0.39, 0.29) is 5.92 Å². The summed E-state index contributed by atoms with van der Waals surface area (Å²) in [6.45, 7) is 4.41. The molecular formula is C53H38N4S. The van der Waals surface area contributed by atoms with Crippen LogP contribution in [0.25, 0.3) is 70.3 Å². The van der Waals surface area contributed by atoms with Gasteiger partial charge in [0, 0.05) is 39.1 Å². The molecule has 8 aromatic carbocycles. The summed E-state index contributed by atoms with van der Waals surface area (Å²) in [6.07, 6.45) is 2.20. The van der Waals surface area contributed by atoms with Crippen LogP contribution in [-0.2, 0) is 0 Å². The van der Waals surface area contributed by atoms with E-state index in [1.807, 2.05) is 0 Å². The lowest BCUT2D eigenvalue weighted by Gasteiger charge is -2.28. The summed E-state index contributed by atoms with van der Waals surface area (Å²) < 4.78 is 0. The standard InChI is InChI=1S/C53H38N4S/c1-33-32-46-49(34(33)2)56-51-50(55-46)52(38-24-28-40(29-25-38)54-45-21-9-15-35-12-3-6-18-42(35)45)58-53(51)39-26-30-41(31-27-39)57(47-22-10-16-36-13-4-7-19-43(36)47)48-23-11-17-37-14-5-8-20-44(37)48/h3-32,34,54H,1-2H3. The number of fused-ring (bicyclic) bond motifs is 5. The summed E-state index contributed by atoms with van der Waals surface area (Å²) in [5.41, 5.74) is 13.0. The van der Waals surface area contributed by atoms with Gasteiger partial charge in [0.2, 0.25) is 0 Å². The van der Waals surface area contributed by atoms with E-state index in [0.29, 0.717) is 0 Å². The number of hydrogen-bond acceptors (Lipinski definition) is 5. The zero-order valence-corrected chi connectivity index (χ0v) is 33.0. The first-order valence-electron chi connectivity index (χ1n) is 19.8. The Morgan fingerprint density at radius 3 is 1.64 bits per heavy atom. The van der Waals surface area contributed by atoms with Gasteiger partial charge in [-0.15, -0.1) is 11.3 Å². The van der Waals surface area contributed by atoms with E-state index in [1.54, 1.807) is 11.3 Å². The van der Waals surface area contributed by atoms with Gasteiger partial charge in [-0.1, -0.05) is 146 Å². The van der Waals surface area contributed by atoms with Crippen molar-refractivity contribution in [2.24, 2.45) is 0 Å². The normalized spacial score (nSPS) is 13.6. The second-order valence-electron chi connectivity index (χ2n) is 15.2. The van der Waals surface area contributed by atoms with E-state index < -0.39 is 0 Å². The molecule has 1 aliphatic carbocycles. The number of hydrogen-bond donors (Lipinski definition) is 1. The average molecular weight is 763 g/mol. The number of rotatable bonds is 7. The molecule has 4 nitrogen and oxygen atoms in total. The second-order valence-corrected chi connectivity index (χ2v) is 16.2. The zero-order valence-electron chi connectivity index (χ0n) is 32.1. The summed E-state index contributed by atoms with van der Waals surface area (Å²) in [5, 5.41) is 10.9. The van der Waals surface area contributed by atoms with Gasteiger partial charge < -0.3 is 10.2 Å². The fourth-order valence-electron chi connectivity index (χ4n) is 8.52. The van der Waals surface area contributed by atoms with Gasteiger partial charge >= 0.3 is 0 Å². The minimum absolute atomic E-state index is 0.236. The Balaban J connectivity index is 1.02. The lowest BCUT2D eigenvalue weighted by atomic mass is 10.0. The van der Waals surface area contributed by atoms with Crippen LogP contribution >= 0.6 is 11.3 Å². The van der Waals surface area contributed by atoms with Gasteiger partial charge in [0.15, 0.2) is 0 Å². The van der Waals surface area contributed by atoms with Crippen molar-refractivity contribution in [1.82, 2.24) is 9.97 Å². The number of nitrogens with zero attached hydrogens (tertiary/aromatic N) is 3. The molecule has 58 heavy (non-hydrogen) atoms. The second kappa shape index (κ2) is 13.8. The lowest BCUT2D eigenvalue weighted by molar-refractivity contribution is 0.875. The van der Waals surface area contributed by atoms with E-state index in [2.05, 4.69) is 206 Å². The molecule has 10 aromatic rings. The van der Waals surface area contributed by atoms with Crippen LogP contribution in [0.2, 0.25) is 0 Å². The minimum atomic E-state index is 0.236. The van der Waals surface area contributed by atoms with Gasteiger partial charge in [-0.25, -0.2) is 9.97 Å². The van der Waals surface area contributed by atoms with Crippen molar-refractivity contribution in [2.45, 2.75) is 19.8 Å². The third-order valence-corrected chi connectivity index (χ3v) is 12.9.